The van der Waals surface area contributed by atoms with Crippen molar-refractivity contribution in [3.63, 3.8) is 0 Å². The van der Waals surface area contributed by atoms with Crippen LogP contribution < -0.4 is 10.6 Å². The average Bonchev–Trinajstić information content (AvgIpc) is 2.38. The molecule has 1 rings (SSSR count). The van der Waals surface area contributed by atoms with Crippen LogP contribution in [0.5, 0.6) is 0 Å². The molecular weight excluding hydrogens is 254 g/mol. The van der Waals surface area contributed by atoms with Gasteiger partial charge in [0.2, 0.25) is 11.8 Å². The third-order valence-corrected chi connectivity index (χ3v) is 3.86. The molecule has 0 unspecified atom stereocenters. The van der Waals surface area contributed by atoms with Gasteiger partial charge in [0.15, 0.2) is 0 Å². The molecule has 0 aliphatic heterocycles. The summed E-state index contributed by atoms with van der Waals surface area (Å²) < 4.78 is 0. The van der Waals surface area contributed by atoms with Gasteiger partial charge in [-0.1, -0.05) is 26.7 Å². The highest BCUT2D eigenvalue weighted by Crippen LogP contribution is 2.23. The molecule has 1 aliphatic rings. The maximum Gasteiger partial charge on any atom is 0.234 e. The van der Waals surface area contributed by atoms with Gasteiger partial charge in [-0.15, -0.1) is 0 Å². The molecule has 1 aliphatic carbocycles. The second-order valence-corrected chi connectivity index (χ2v) is 5.96. The lowest BCUT2D eigenvalue weighted by atomic mass is 9.86. The lowest BCUT2D eigenvalue weighted by Crippen LogP contribution is -2.46. The highest BCUT2D eigenvalue weighted by molar-refractivity contribution is 5.81. The van der Waals surface area contributed by atoms with E-state index in [1.54, 1.807) is 11.9 Å². The number of hydrogen-bond donors (Lipinski definition) is 2. The fraction of sp³-hybridized carbons (Fsp3) is 0.867. The Morgan fingerprint density at radius 2 is 1.80 bits per heavy atom. The standard InChI is InChI=1S/C15H29N3O2/c1-4-9-16-14(19)10-18(3)11-15(20)17-13-8-6-5-7-12(13)2/h12-13H,4-11H2,1-3H3,(H,16,19)(H,17,20)/t12-,13+/m0/s1. The van der Waals surface area contributed by atoms with E-state index in [1.165, 1.54) is 19.3 Å². The molecule has 2 atom stereocenters. The Hall–Kier alpha value is -1.10. The van der Waals surface area contributed by atoms with E-state index < -0.39 is 0 Å². The highest BCUT2D eigenvalue weighted by Gasteiger charge is 2.23. The molecule has 1 saturated carbocycles. The fourth-order valence-corrected chi connectivity index (χ4v) is 2.65. The van der Waals surface area contributed by atoms with E-state index in [0.29, 0.717) is 18.5 Å². The molecule has 2 N–H and O–H groups in total. The van der Waals surface area contributed by atoms with Crippen LogP contribution in [0.4, 0.5) is 0 Å². The zero-order valence-electron chi connectivity index (χ0n) is 13.1. The summed E-state index contributed by atoms with van der Waals surface area (Å²) in [4.78, 5) is 25.3. The van der Waals surface area contributed by atoms with Crippen molar-refractivity contribution in [1.82, 2.24) is 15.5 Å². The van der Waals surface area contributed by atoms with E-state index in [2.05, 4.69) is 17.6 Å². The minimum Gasteiger partial charge on any atom is -0.355 e. The Morgan fingerprint density at radius 3 is 2.45 bits per heavy atom. The molecular formula is C15H29N3O2. The molecule has 20 heavy (non-hydrogen) atoms. The predicted molar refractivity (Wildman–Crippen MR) is 80.4 cm³/mol. The molecule has 0 radical (unpaired) electrons. The summed E-state index contributed by atoms with van der Waals surface area (Å²) in [6.07, 6.45) is 5.67. The molecule has 0 aromatic rings. The molecule has 116 valence electrons. The zero-order valence-corrected chi connectivity index (χ0v) is 13.1. The fourth-order valence-electron chi connectivity index (χ4n) is 2.65. The number of likely N-dealkylation sites (N-methyl/N-ethyl adjacent to an activating group) is 1. The topological polar surface area (TPSA) is 61.4 Å². The molecule has 2 amide bonds. The van der Waals surface area contributed by atoms with Gasteiger partial charge in [-0.05, 0) is 32.2 Å². The van der Waals surface area contributed by atoms with Gasteiger partial charge in [-0.25, -0.2) is 0 Å². The molecule has 0 aromatic carbocycles. The maximum atomic E-state index is 12.0. The first-order chi connectivity index (χ1) is 9.52. The summed E-state index contributed by atoms with van der Waals surface area (Å²) in [6, 6.07) is 0.304. The van der Waals surface area contributed by atoms with Crippen molar-refractivity contribution in [3.8, 4) is 0 Å². The number of carbonyl (C=O) groups excluding carboxylic acids is 2. The van der Waals surface area contributed by atoms with Crippen LogP contribution in [0, 0.1) is 5.92 Å². The van der Waals surface area contributed by atoms with Crippen LogP contribution in [-0.4, -0.2) is 49.4 Å². The van der Waals surface area contributed by atoms with Crippen LogP contribution in [0.3, 0.4) is 0 Å². The van der Waals surface area contributed by atoms with Crippen molar-refractivity contribution < 1.29 is 9.59 Å². The normalized spacial score (nSPS) is 22.6. The van der Waals surface area contributed by atoms with Crippen molar-refractivity contribution >= 4 is 11.8 Å². The van der Waals surface area contributed by atoms with Crippen LogP contribution >= 0.6 is 0 Å². The van der Waals surface area contributed by atoms with E-state index in [1.807, 2.05) is 6.92 Å². The Bertz CT molecular complexity index is 320. The summed E-state index contributed by atoms with van der Waals surface area (Å²) >= 11 is 0. The highest BCUT2D eigenvalue weighted by atomic mass is 16.2. The van der Waals surface area contributed by atoms with Gasteiger partial charge in [0.25, 0.3) is 0 Å². The number of nitrogens with zero attached hydrogens (tertiary/aromatic N) is 1. The number of amides is 2. The lowest BCUT2D eigenvalue weighted by Gasteiger charge is -2.30. The van der Waals surface area contributed by atoms with Crippen molar-refractivity contribution in [2.75, 3.05) is 26.7 Å². The SMILES string of the molecule is CCCNC(=O)CN(C)CC(=O)N[C@@H]1CCCC[C@@H]1C. The Balaban J connectivity index is 2.25. The van der Waals surface area contributed by atoms with Crippen LogP contribution in [0.15, 0.2) is 0 Å². The first-order valence-corrected chi connectivity index (χ1v) is 7.77. The summed E-state index contributed by atoms with van der Waals surface area (Å²) in [5.74, 6) is 0.564. The molecule has 0 spiro atoms. The molecule has 5 nitrogen and oxygen atoms in total. The second-order valence-electron chi connectivity index (χ2n) is 5.96. The van der Waals surface area contributed by atoms with Crippen molar-refractivity contribution in [2.45, 2.75) is 52.0 Å². The van der Waals surface area contributed by atoms with Crippen LogP contribution in [0.25, 0.3) is 0 Å². The molecule has 5 heteroatoms. The van der Waals surface area contributed by atoms with Crippen LogP contribution in [0.1, 0.15) is 46.0 Å². The molecule has 0 aromatic heterocycles. The zero-order chi connectivity index (χ0) is 15.0. The first kappa shape index (κ1) is 17.0. The number of rotatable bonds is 7. The smallest absolute Gasteiger partial charge is 0.234 e. The predicted octanol–water partition coefficient (Wildman–Crippen LogP) is 1.14. The van der Waals surface area contributed by atoms with Crippen molar-refractivity contribution in [3.05, 3.63) is 0 Å². The molecule has 0 heterocycles. The Morgan fingerprint density at radius 1 is 1.15 bits per heavy atom. The minimum absolute atomic E-state index is 0.0202. The van der Waals surface area contributed by atoms with Gasteiger partial charge in [0.05, 0.1) is 13.1 Å². The quantitative estimate of drug-likeness (QED) is 0.736. The van der Waals surface area contributed by atoms with E-state index in [4.69, 9.17) is 0 Å². The van der Waals surface area contributed by atoms with Gasteiger partial charge in [-0.3, -0.25) is 14.5 Å². The van der Waals surface area contributed by atoms with E-state index >= 15 is 0 Å². The minimum atomic E-state index is -0.0202. The van der Waals surface area contributed by atoms with Crippen molar-refractivity contribution in [2.24, 2.45) is 5.92 Å². The second kappa shape index (κ2) is 8.95. The van der Waals surface area contributed by atoms with E-state index in [0.717, 1.165) is 12.8 Å². The Labute approximate surface area is 122 Å². The Kier molecular flexibility index (Phi) is 7.59. The monoisotopic (exact) mass is 283 g/mol. The van der Waals surface area contributed by atoms with Gasteiger partial charge in [0.1, 0.15) is 0 Å². The van der Waals surface area contributed by atoms with Gasteiger partial charge in [0, 0.05) is 12.6 Å². The maximum absolute atomic E-state index is 12.0. The lowest BCUT2D eigenvalue weighted by molar-refractivity contribution is -0.125. The molecule has 0 saturated heterocycles. The summed E-state index contributed by atoms with van der Waals surface area (Å²) in [6.45, 7) is 5.46. The number of hydrogen-bond acceptors (Lipinski definition) is 3. The summed E-state index contributed by atoms with van der Waals surface area (Å²) in [7, 11) is 1.80. The van der Waals surface area contributed by atoms with E-state index in [9.17, 15) is 9.59 Å². The van der Waals surface area contributed by atoms with Crippen molar-refractivity contribution in [1.29, 1.82) is 0 Å². The molecule has 1 fully saturated rings. The average molecular weight is 283 g/mol. The number of carbonyl (C=O) groups is 2. The van der Waals surface area contributed by atoms with E-state index in [-0.39, 0.29) is 24.9 Å². The van der Waals surface area contributed by atoms with Gasteiger partial charge < -0.3 is 10.6 Å². The van der Waals surface area contributed by atoms with Crippen LogP contribution in [0.2, 0.25) is 0 Å². The van der Waals surface area contributed by atoms with Gasteiger partial charge >= 0.3 is 0 Å². The third-order valence-electron chi connectivity index (χ3n) is 3.86. The third kappa shape index (κ3) is 6.37. The number of nitrogens with one attached hydrogen (secondary N) is 2. The van der Waals surface area contributed by atoms with Crippen LogP contribution in [-0.2, 0) is 9.59 Å². The van der Waals surface area contributed by atoms with Gasteiger partial charge in [-0.2, -0.15) is 0 Å². The summed E-state index contributed by atoms with van der Waals surface area (Å²) in [5, 5.41) is 5.92. The largest absolute Gasteiger partial charge is 0.355 e. The molecule has 0 bridgehead atoms. The summed E-state index contributed by atoms with van der Waals surface area (Å²) in [5.41, 5.74) is 0. The first-order valence-electron chi connectivity index (χ1n) is 7.77.